The Balaban J connectivity index is 1.50. The molecule has 0 saturated carbocycles. The van der Waals surface area contributed by atoms with Crippen LogP contribution in [-0.2, 0) is 24.1 Å². The topological polar surface area (TPSA) is 62.7 Å². The van der Waals surface area contributed by atoms with Crippen LogP contribution < -0.4 is 4.74 Å². The van der Waals surface area contributed by atoms with E-state index in [-0.39, 0.29) is 17.9 Å². The Labute approximate surface area is 188 Å². The second-order valence-electron chi connectivity index (χ2n) is 9.29. The van der Waals surface area contributed by atoms with Gasteiger partial charge in [0.1, 0.15) is 5.75 Å². The van der Waals surface area contributed by atoms with Gasteiger partial charge in [0.05, 0.1) is 0 Å². The van der Waals surface area contributed by atoms with Crippen molar-refractivity contribution in [2.75, 3.05) is 19.7 Å². The number of carbonyl (C=O) groups excluding carboxylic acids is 1. The smallest absolute Gasteiger partial charge is 0.263 e. The van der Waals surface area contributed by atoms with Gasteiger partial charge in [0.2, 0.25) is 0 Å². The van der Waals surface area contributed by atoms with Crippen LogP contribution in [0, 0.1) is 5.41 Å². The second-order valence-corrected chi connectivity index (χ2v) is 9.72. The number of piperidine rings is 1. The molecule has 1 aliphatic carbocycles. The highest BCUT2D eigenvalue weighted by Crippen LogP contribution is 2.47. The van der Waals surface area contributed by atoms with Crippen LogP contribution in [-0.4, -0.2) is 46.7 Å². The molecule has 1 aromatic heterocycles. The van der Waals surface area contributed by atoms with Gasteiger partial charge >= 0.3 is 0 Å². The van der Waals surface area contributed by atoms with Gasteiger partial charge in [-0.2, -0.15) is 0 Å². The lowest BCUT2D eigenvalue weighted by Gasteiger charge is -2.28. The Bertz CT molecular complexity index is 1010. The maximum absolute atomic E-state index is 13.1. The number of nitrogens with zero attached hydrogens (tertiary/aromatic N) is 2. The molecule has 0 radical (unpaired) electrons. The number of pyridine rings is 1. The van der Waals surface area contributed by atoms with Crippen molar-refractivity contribution < 1.29 is 14.6 Å². The van der Waals surface area contributed by atoms with Gasteiger partial charge in [-0.15, -0.1) is 0 Å². The van der Waals surface area contributed by atoms with Crippen molar-refractivity contribution >= 4 is 17.5 Å². The van der Waals surface area contributed by atoms with Crippen LogP contribution in [0.4, 0.5) is 0 Å². The monoisotopic (exact) mass is 440 g/mol. The number of fused-ring (bicyclic) bond motifs is 2. The highest BCUT2D eigenvalue weighted by atomic mass is 35.5. The fourth-order valence-electron chi connectivity index (χ4n) is 5.38. The summed E-state index contributed by atoms with van der Waals surface area (Å²) in [6.07, 6.45) is 7.69. The number of ether oxygens (including phenoxy) is 1. The average Bonchev–Trinajstić information content (AvgIpc) is 3.40. The fraction of sp³-hybridized carbons (Fsp3) is 0.520. The van der Waals surface area contributed by atoms with Crippen LogP contribution in [0.1, 0.15) is 49.4 Å². The minimum absolute atomic E-state index is 0.0863. The number of aromatic nitrogens is 1. The first-order valence-corrected chi connectivity index (χ1v) is 11.8. The van der Waals surface area contributed by atoms with Gasteiger partial charge in [-0.05, 0) is 67.9 Å². The number of benzene rings is 1. The average molecular weight is 441 g/mol. The Morgan fingerprint density at radius 3 is 2.81 bits per heavy atom. The van der Waals surface area contributed by atoms with Crippen LogP contribution in [0.3, 0.4) is 0 Å². The van der Waals surface area contributed by atoms with Gasteiger partial charge in [0.25, 0.3) is 5.91 Å². The molecule has 1 aromatic carbocycles. The van der Waals surface area contributed by atoms with Gasteiger partial charge in [-0.3, -0.25) is 9.78 Å². The third-order valence-electron chi connectivity index (χ3n) is 7.35. The summed E-state index contributed by atoms with van der Waals surface area (Å²) in [5.41, 5.74) is 5.03. The van der Waals surface area contributed by atoms with Crippen molar-refractivity contribution in [2.45, 2.75) is 58.0 Å². The Morgan fingerprint density at radius 2 is 2.06 bits per heavy atom. The van der Waals surface area contributed by atoms with Crippen molar-refractivity contribution in [3.05, 3.63) is 46.2 Å². The highest BCUT2D eigenvalue weighted by molar-refractivity contribution is 6.31. The van der Waals surface area contributed by atoms with Crippen LogP contribution >= 0.6 is 11.6 Å². The molecule has 5 rings (SSSR count). The fourth-order valence-corrected chi connectivity index (χ4v) is 5.63. The molecule has 1 fully saturated rings. The summed E-state index contributed by atoms with van der Waals surface area (Å²) >= 11 is 6.51. The van der Waals surface area contributed by atoms with E-state index in [0.29, 0.717) is 11.4 Å². The molecule has 0 spiro atoms. The Kier molecular flexibility index (Phi) is 5.43. The first kappa shape index (κ1) is 20.8. The molecule has 3 heterocycles. The quantitative estimate of drug-likeness (QED) is 0.773. The third-order valence-corrected chi connectivity index (χ3v) is 7.57. The summed E-state index contributed by atoms with van der Waals surface area (Å²) in [5, 5.41) is 10.7. The van der Waals surface area contributed by atoms with E-state index in [4.69, 9.17) is 16.3 Å². The maximum Gasteiger partial charge on any atom is 0.263 e. The van der Waals surface area contributed by atoms with Crippen LogP contribution in [0.25, 0.3) is 11.1 Å². The molecule has 31 heavy (non-hydrogen) atoms. The number of carbonyl (C=O) groups is 1. The molecule has 0 bridgehead atoms. The zero-order valence-corrected chi connectivity index (χ0v) is 18.7. The number of hydrogen-bond acceptors (Lipinski definition) is 4. The number of halogens is 1. The zero-order chi connectivity index (χ0) is 21.6. The molecular weight excluding hydrogens is 412 g/mol. The molecule has 3 aliphatic rings. The SMILES string of the molecule is CCC1(CO)Cc2nccc(-c3cc(Cl)cc4c3OC(C(=O)N3CCCCC3)C4)c2C1. The largest absolute Gasteiger partial charge is 0.479 e. The van der Waals surface area contributed by atoms with Crippen molar-refractivity contribution in [1.82, 2.24) is 9.88 Å². The number of hydrogen-bond donors (Lipinski definition) is 1. The van der Waals surface area contributed by atoms with E-state index in [2.05, 4.69) is 11.9 Å². The first-order valence-electron chi connectivity index (χ1n) is 11.4. The molecule has 164 valence electrons. The van der Waals surface area contributed by atoms with Gasteiger partial charge in [0.15, 0.2) is 6.10 Å². The van der Waals surface area contributed by atoms with Crippen LogP contribution in [0.5, 0.6) is 5.75 Å². The minimum atomic E-state index is -0.479. The lowest BCUT2D eigenvalue weighted by molar-refractivity contribution is -0.138. The molecule has 2 aromatic rings. The van der Waals surface area contributed by atoms with Gasteiger partial charge in [-0.1, -0.05) is 18.5 Å². The molecule has 2 atom stereocenters. The number of aliphatic hydroxyl groups excluding tert-OH is 1. The first-order chi connectivity index (χ1) is 15.0. The van der Waals surface area contributed by atoms with Crippen LogP contribution in [0.2, 0.25) is 5.02 Å². The Hall–Kier alpha value is -2.11. The molecule has 1 N–H and O–H groups in total. The standard InChI is InChI=1S/C25H29ClN2O3/c1-2-25(15-29)13-20-18(6-7-27-21(20)14-25)19-12-17(26)10-16-11-22(31-23(16)19)24(30)28-8-4-3-5-9-28/h6-7,10,12,22,29H,2-5,8-9,11,13-15H2,1H3. The third kappa shape index (κ3) is 3.62. The molecule has 2 unspecified atom stereocenters. The predicted molar refractivity (Wildman–Crippen MR) is 120 cm³/mol. The maximum atomic E-state index is 13.1. The lowest BCUT2D eigenvalue weighted by atomic mass is 9.82. The molecule has 6 heteroatoms. The summed E-state index contributed by atoms with van der Waals surface area (Å²) < 4.78 is 6.31. The summed E-state index contributed by atoms with van der Waals surface area (Å²) in [7, 11) is 0. The van der Waals surface area contributed by atoms with Gasteiger partial charge in [0, 0.05) is 59.6 Å². The van der Waals surface area contributed by atoms with Crippen molar-refractivity contribution in [3.63, 3.8) is 0 Å². The summed E-state index contributed by atoms with van der Waals surface area (Å²) in [6.45, 7) is 3.91. The van der Waals surface area contributed by atoms with E-state index in [9.17, 15) is 9.90 Å². The van der Waals surface area contributed by atoms with E-state index < -0.39 is 6.10 Å². The predicted octanol–water partition coefficient (Wildman–Crippen LogP) is 4.21. The Morgan fingerprint density at radius 1 is 1.26 bits per heavy atom. The number of rotatable bonds is 4. The van der Waals surface area contributed by atoms with E-state index in [1.807, 2.05) is 29.3 Å². The second kappa shape index (κ2) is 8.10. The molecular formula is C25H29ClN2O3. The van der Waals surface area contributed by atoms with E-state index in [1.54, 1.807) is 0 Å². The normalized spacial score (nSPS) is 24.6. The summed E-state index contributed by atoms with van der Waals surface area (Å²) in [6, 6.07) is 5.88. The molecule has 1 saturated heterocycles. The molecule has 2 aliphatic heterocycles. The van der Waals surface area contributed by atoms with Gasteiger partial charge < -0.3 is 14.7 Å². The summed E-state index contributed by atoms with van der Waals surface area (Å²) in [5.74, 6) is 0.856. The minimum Gasteiger partial charge on any atom is -0.479 e. The van der Waals surface area contributed by atoms with E-state index >= 15 is 0 Å². The highest BCUT2D eigenvalue weighted by Gasteiger charge is 2.39. The number of amides is 1. The van der Waals surface area contributed by atoms with Crippen LogP contribution in [0.15, 0.2) is 24.4 Å². The van der Waals surface area contributed by atoms with Gasteiger partial charge in [-0.25, -0.2) is 0 Å². The lowest BCUT2D eigenvalue weighted by Crippen LogP contribution is -2.43. The van der Waals surface area contributed by atoms with E-state index in [1.165, 1.54) is 6.42 Å². The van der Waals surface area contributed by atoms with Crippen molar-refractivity contribution in [3.8, 4) is 16.9 Å². The molecule has 5 nitrogen and oxygen atoms in total. The van der Waals surface area contributed by atoms with Crippen molar-refractivity contribution in [1.29, 1.82) is 0 Å². The van der Waals surface area contributed by atoms with E-state index in [0.717, 1.165) is 78.9 Å². The number of likely N-dealkylation sites (tertiary alicyclic amines) is 1. The number of aliphatic hydroxyl groups is 1. The molecule has 1 amide bonds. The van der Waals surface area contributed by atoms with Crippen molar-refractivity contribution in [2.24, 2.45) is 5.41 Å². The zero-order valence-electron chi connectivity index (χ0n) is 18.0. The summed E-state index contributed by atoms with van der Waals surface area (Å²) in [4.78, 5) is 19.6.